The third-order valence-electron chi connectivity index (χ3n) is 5.15. The Hall–Kier alpha value is -2.45. The monoisotopic (exact) mass is 422 g/mol. The first-order chi connectivity index (χ1) is 13.3. The Morgan fingerprint density at radius 1 is 1.32 bits per heavy atom. The summed E-state index contributed by atoms with van der Waals surface area (Å²) in [5.74, 6) is -2.60. The van der Waals surface area contributed by atoms with E-state index >= 15 is 4.39 Å². The number of hydrogen-bond donors (Lipinski definition) is 1. The molecule has 1 aromatic carbocycles. The quantitative estimate of drug-likeness (QED) is 0.652. The van der Waals surface area contributed by atoms with Gasteiger partial charge >= 0.3 is 11.0 Å². The van der Waals surface area contributed by atoms with Crippen molar-refractivity contribution in [2.45, 2.75) is 22.9 Å². The highest BCUT2D eigenvalue weighted by Crippen LogP contribution is 2.44. The molecule has 0 fully saturated rings. The van der Waals surface area contributed by atoms with E-state index in [0.29, 0.717) is 10.7 Å². The molecule has 0 saturated heterocycles. The van der Waals surface area contributed by atoms with Crippen LogP contribution in [0.4, 0.5) is 4.39 Å². The summed E-state index contributed by atoms with van der Waals surface area (Å²) in [5.41, 5.74) is 2.26. The van der Waals surface area contributed by atoms with Gasteiger partial charge in [-0.05, 0) is 48.7 Å². The first kappa shape index (κ1) is 18.9. The number of nitrogens with one attached hydrogen (secondary N) is 1. The summed E-state index contributed by atoms with van der Waals surface area (Å²) in [6.45, 7) is 0. The van der Waals surface area contributed by atoms with E-state index in [4.69, 9.17) is 11.6 Å². The lowest BCUT2D eigenvalue weighted by molar-refractivity contribution is -0.151. The van der Waals surface area contributed by atoms with E-state index < -0.39 is 31.8 Å². The van der Waals surface area contributed by atoms with Gasteiger partial charge in [0.15, 0.2) is 5.03 Å². The summed E-state index contributed by atoms with van der Waals surface area (Å²) in [7, 11) is -3.78. The summed E-state index contributed by atoms with van der Waals surface area (Å²) in [4.78, 5) is 19.3. The van der Waals surface area contributed by atoms with E-state index in [1.54, 1.807) is 18.2 Å². The number of halogens is 2. The number of carbonyl (C=O) groups excluding carboxylic acids is 1. The third kappa shape index (κ3) is 2.62. The second kappa shape index (κ2) is 6.56. The lowest BCUT2D eigenvalue weighted by atomic mass is 9.98. The van der Waals surface area contributed by atoms with Crippen LogP contribution in [0.1, 0.15) is 11.3 Å². The number of methoxy groups -OCH3 is 1. The molecular formula is C19H16ClFN2O4S. The van der Waals surface area contributed by atoms with Crippen molar-refractivity contribution in [1.29, 1.82) is 0 Å². The molecule has 2 aromatic heterocycles. The van der Waals surface area contributed by atoms with Crippen LogP contribution in [0.5, 0.6) is 0 Å². The predicted molar refractivity (Wildman–Crippen MR) is 101 cm³/mol. The molecule has 0 aliphatic heterocycles. The molecule has 28 heavy (non-hydrogen) atoms. The fraction of sp³-hybridized carbons (Fsp3) is 0.263. The van der Waals surface area contributed by atoms with Crippen molar-refractivity contribution >= 4 is 38.3 Å². The van der Waals surface area contributed by atoms with Crippen LogP contribution in [-0.2, 0) is 32.2 Å². The fourth-order valence-corrected chi connectivity index (χ4v) is 5.65. The lowest BCUT2D eigenvalue weighted by Gasteiger charge is -2.27. The highest BCUT2D eigenvalue weighted by molar-refractivity contribution is 7.93. The van der Waals surface area contributed by atoms with Gasteiger partial charge in [0, 0.05) is 33.7 Å². The maximum atomic E-state index is 16.1. The molecule has 6 nitrogen and oxygen atoms in total. The first-order valence-electron chi connectivity index (χ1n) is 8.51. The van der Waals surface area contributed by atoms with Crippen molar-refractivity contribution < 1.29 is 22.3 Å². The SMILES string of the molecule is COC(=O)[C@](F)([C@H]1Cc2[nH]c3ccc(Cl)cc3c2C1)S(=O)(=O)c1ccccn1. The van der Waals surface area contributed by atoms with Crippen molar-refractivity contribution in [3.05, 3.63) is 58.9 Å². The Bertz CT molecular complexity index is 1180. The van der Waals surface area contributed by atoms with Crippen molar-refractivity contribution in [3.8, 4) is 0 Å². The molecule has 9 heteroatoms. The van der Waals surface area contributed by atoms with E-state index in [1.807, 2.05) is 0 Å². The molecule has 4 rings (SSSR count). The van der Waals surface area contributed by atoms with Gasteiger partial charge in [-0.1, -0.05) is 17.7 Å². The first-order valence-corrected chi connectivity index (χ1v) is 10.4. The number of ether oxygens (including phenoxy) is 1. The molecule has 0 bridgehead atoms. The summed E-state index contributed by atoms with van der Waals surface area (Å²) in [6, 6.07) is 9.36. The molecular weight excluding hydrogens is 407 g/mol. The summed E-state index contributed by atoms with van der Waals surface area (Å²) in [6.07, 6.45) is 1.32. The van der Waals surface area contributed by atoms with Crippen molar-refractivity contribution in [1.82, 2.24) is 9.97 Å². The fourth-order valence-electron chi connectivity index (χ4n) is 3.80. The number of fused-ring (bicyclic) bond motifs is 3. The van der Waals surface area contributed by atoms with Crippen LogP contribution in [0.3, 0.4) is 0 Å². The van der Waals surface area contributed by atoms with Crippen LogP contribution >= 0.6 is 11.6 Å². The number of aromatic nitrogens is 2. The summed E-state index contributed by atoms with van der Waals surface area (Å²) < 4.78 is 46.8. The maximum absolute atomic E-state index is 16.1. The molecule has 0 unspecified atom stereocenters. The molecule has 2 heterocycles. The Labute approximate surface area is 165 Å². The van der Waals surface area contributed by atoms with Crippen LogP contribution in [0, 0.1) is 5.92 Å². The van der Waals surface area contributed by atoms with Gasteiger partial charge in [0.2, 0.25) is 9.84 Å². The number of hydrogen-bond acceptors (Lipinski definition) is 5. The van der Waals surface area contributed by atoms with Crippen molar-refractivity contribution in [2.24, 2.45) is 5.92 Å². The van der Waals surface area contributed by atoms with Crippen LogP contribution < -0.4 is 0 Å². The molecule has 2 atom stereocenters. The van der Waals surface area contributed by atoms with Gasteiger partial charge in [-0.3, -0.25) is 0 Å². The van der Waals surface area contributed by atoms with Gasteiger partial charge in [-0.15, -0.1) is 0 Å². The number of carbonyl (C=O) groups is 1. The summed E-state index contributed by atoms with van der Waals surface area (Å²) >= 11 is 6.06. The topological polar surface area (TPSA) is 89.1 Å². The van der Waals surface area contributed by atoms with Gasteiger partial charge in [0.25, 0.3) is 0 Å². The number of pyridine rings is 1. The molecule has 3 aromatic rings. The highest BCUT2D eigenvalue weighted by Gasteiger charge is 2.61. The maximum Gasteiger partial charge on any atom is 0.360 e. The standard InChI is InChI=1S/C19H16ClFN2O4S/c1-27-18(24)19(21,28(25,26)17-4-2-3-7-22-17)11-8-13-14-10-12(20)5-6-15(14)23-16(13)9-11/h2-7,10-11,23H,8-9H2,1H3/t11-,19+/m1/s1. The molecule has 1 aliphatic rings. The Kier molecular flexibility index (Phi) is 4.43. The normalized spacial score (nSPS) is 18.6. The van der Waals surface area contributed by atoms with Crippen molar-refractivity contribution in [2.75, 3.05) is 7.11 Å². The number of benzene rings is 1. The van der Waals surface area contributed by atoms with Gasteiger partial charge < -0.3 is 9.72 Å². The van der Waals surface area contributed by atoms with Crippen LogP contribution in [-0.4, -0.2) is 36.5 Å². The Morgan fingerprint density at radius 2 is 2.11 bits per heavy atom. The van der Waals surface area contributed by atoms with Crippen LogP contribution in [0.25, 0.3) is 10.9 Å². The van der Waals surface area contributed by atoms with E-state index in [9.17, 15) is 13.2 Å². The van der Waals surface area contributed by atoms with Gasteiger partial charge in [-0.2, -0.15) is 0 Å². The van der Waals surface area contributed by atoms with Crippen LogP contribution in [0.2, 0.25) is 5.02 Å². The molecule has 0 saturated carbocycles. The minimum atomic E-state index is -4.74. The third-order valence-corrected chi connectivity index (χ3v) is 7.46. The second-order valence-corrected chi connectivity index (χ2v) is 9.14. The smallest absolute Gasteiger partial charge is 0.360 e. The van der Waals surface area contributed by atoms with Gasteiger partial charge in [0.05, 0.1) is 7.11 Å². The number of rotatable bonds is 4. The number of nitrogens with zero attached hydrogens (tertiary/aromatic N) is 1. The number of esters is 1. The zero-order valence-corrected chi connectivity index (χ0v) is 16.3. The number of sulfone groups is 1. The van der Waals surface area contributed by atoms with E-state index in [-0.39, 0.29) is 12.8 Å². The van der Waals surface area contributed by atoms with Crippen LogP contribution in [0.15, 0.2) is 47.6 Å². The average molecular weight is 423 g/mol. The lowest BCUT2D eigenvalue weighted by Crippen LogP contribution is -2.50. The molecule has 0 spiro atoms. The largest absolute Gasteiger partial charge is 0.466 e. The van der Waals surface area contributed by atoms with E-state index in [2.05, 4.69) is 14.7 Å². The summed E-state index contributed by atoms with van der Waals surface area (Å²) in [5, 5.41) is -2.47. The van der Waals surface area contributed by atoms with E-state index in [1.165, 1.54) is 18.3 Å². The molecule has 1 aliphatic carbocycles. The van der Waals surface area contributed by atoms with E-state index in [0.717, 1.165) is 29.6 Å². The predicted octanol–water partition coefficient (Wildman–Crippen LogP) is 3.24. The van der Waals surface area contributed by atoms with Gasteiger partial charge in [0.1, 0.15) is 0 Å². The Morgan fingerprint density at radius 3 is 2.79 bits per heavy atom. The molecule has 146 valence electrons. The number of alkyl halides is 1. The second-order valence-electron chi connectivity index (χ2n) is 6.69. The number of aromatic amines is 1. The van der Waals surface area contributed by atoms with Gasteiger partial charge in [-0.25, -0.2) is 22.6 Å². The minimum absolute atomic E-state index is 0.0410. The van der Waals surface area contributed by atoms with Crippen molar-refractivity contribution in [3.63, 3.8) is 0 Å². The molecule has 1 N–H and O–H groups in total. The molecule has 0 radical (unpaired) electrons. The molecule has 0 amide bonds. The Balaban J connectivity index is 1.81. The highest BCUT2D eigenvalue weighted by atomic mass is 35.5. The zero-order chi connectivity index (χ0) is 20.1. The zero-order valence-electron chi connectivity index (χ0n) is 14.8. The number of H-pyrrole nitrogens is 1. The minimum Gasteiger partial charge on any atom is -0.466 e. The average Bonchev–Trinajstić information content (AvgIpc) is 3.25.